The van der Waals surface area contributed by atoms with E-state index < -0.39 is 0 Å². The second kappa shape index (κ2) is 8.23. The molecule has 0 radical (unpaired) electrons. The van der Waals surface area contributed by atoms with Crippen LogP contribution in [0.1, 0.15) is 44.2 Å². The molecule has 0 amide bonds. The van der Waals surface area contributed by atoms with Crippen LogP contribution in [0, 0.1) is 5.82 Å². The Morgan fingerprint density at radius 3 is 2.80 bits per heavy atom. The average Bonchev–Trinajstić information content (AvgIpc) is 2.74. The van der Waals surface area contributed by atoms with Crippen molar-refractivity contribution in [1.82, 2.24) is 4.57 Å². The van der Waals surface area contributed by atoms with Gasteiger partial charge in [0.25, 0.3) is 5.56 Å². The van der Waals surface area contributed by atoms with Crippen LogP contribution in [-0.2, 0) is 23.8 Å². The summed E-state index contributed by atoms with van der Waals surface area (Å²) in [6, 6.07) is 14.3. The summed E-state index contributed by atoms with van der Waals surface area (Å²) in [7, 11) is 1.76. The Balaban J connectivity index is 1.57. The molecular weight excluding hydrogens is 381 g/mol. The zero-order valence-corrected chi connectivity index (χ0v) is 17.8. The van der Waals surface area contributed by atoms with Crippen LogP contribution in [0.15, 0.2) is 53.3 Å². The van der Waals surface area contributed by atoms with E-state index in [0.29, 0.717) is 19.0 Å². The van der Waals surface area contributed by atoms with Gasteiger partial charge in [-0.15, -0.1) is 0 Å². The van der Waals surface area contributed by atoms with Crippen molar-refractivity contribution in [3.63, 3.8) is 0 Å². The fourth-order valence-electron chi connectivity index (χ4n) is 4.60. The van der Waals surface area contributed by atoms with E-state index in [-0.39, 0.29) is 22.9 Å². The standard InChI is InChI=1S/C25H28FNO3/c1-4-25(9-10-29-17(2)15-25)20-12-21(26)14-22(13-20)30-16-18-5-7-23-19(11-18)6-8-24(28)27(23)3/h5-8,11-14,17H,4,9-10,15-16H2,1-3H3/t17-,25+/m0/s1. The molecule has 2 heterocycles. The lowest BCUT2D eigenvalue weighted by Crippen LogP contribution is -2.37. The fraction of sp³-hybridized carbons (Fsp3) is 0.400. The summed E-state index contributed by atoms with van der Waals surface area (Å²) in [6.07, 6.45) is 2.88. The highest BCUT2D eigenvalue weighted by Crippen LogP contribution is 2.41. The van der Waals surface area contributed by atoms with Gasteiger partial charge < -0.3 is 14.0 Å². The predicted molar refractivity (Wildman–Crippen MR) is 117 cm³/mol. The van der Waals surface area contributed by atoms with E-state index >= 15 is 0 Å². The molecule has 2 aromatic carbocycles. The first-order valence-electron chi connectivity index (χ1n) is 10.5. The lowest BCUT2D eigenvalue weighted by molar-refractivity contribution is -0.0118. The summed E-state index contributed by atoms with van der Waals surface area (Å²) in [5.74, 6) is 0.264. The number of fused-ring (bicyclic) bond motifs is 1. The quantitative estimate of drug-likeness (QED) is 0.588. The van der Waals surface area contributed by atoms with E-state index in [4.69, 9.17) is 9.47 Å². The van der Waals surface area contributed by atoms with Crippen molar-refractivity contribution in [3.8, 4) is 5.75 Å². The van der Waals surface area contributed by atoms with Gasteiger partial charge in [-0.05, 0) is 78.4 Å². The highest BCUT2D eigenvalue weighted by molar-refractivity contribution is 5.79. The molecule has 0 saturated carbocycles. The van der Waals surface area contributed by atoms with Crippen LogP contribution in [0.2, 0.25) is 0 Å². The largest absolute Gasteiger partial charge is 0.489 e. The molecule has 30 heavy (non-hydrogen) atoms. The van der Waals surface area contributed by atoms with Gasteiger partial charge in [-0.25, -0.2) is 4.39 Å². The fourth-order valence-corrected chi connectivity index (χ4v) is 4.60. The van der Waals surface area contributed by atoms with Gasteiger partial charge >= 0.3 is 0 Å². The minimum Gasteiger partial charge on any atom is -0.489 e. The third kappa shape index (κ3) is 3.99. The van der Waals surface area contributed by atoms with Crippen LogP contribution in [0.3, 0.4) is 0 Å². The van der Waals surface area contributed by atoms with Gasteiger partial charge in [-0.3, -0.25) is 4.79 Å². The summed E-state index contributed by atoms with van der Waals surface area (Å²) in [5.41, 5.74) is 2.72. The zero-order valence-electron chi connectivity index (χ0n) is 17.8. The van der Waals surface area contributed by atoms with Crippen molar-refractivity contribution in [2.75, 3.05) is 6.61 Å². The summed E-state index contributed by atoms with van der Waals surface area (Å²) < 4.78 is 27.8. The average molecular weight is 410 g/mol. The van der Waals surface area contributed by atoms with E-state index in [2.05, 4.69) is 13.8 Å². The Kier molecular flexibility index (Phi) is 5.65. The predicted octanol–water partition coefficient (Wildman–Crippen LogP) is 5.10. The molecule has 1 aromatic heterocycles. The molecule has 4 nitrogen and oxygen atoms in total. The van der Waals surface area contributed by atoms with Gasteiger partial charge in [0.2, 0.25) is 0 Å². The first-order valence-corrected chi connectivity index (χ1v) is 10.5. The van der Waals surface area contributed by atoms with Gasteiger partial charge in [0.15, 0.2) is 0 Å². The van der Waals surface area contributed by atoms with E-state index in [1.54, 1.807) is 23.7 Å². The number of nitrogens with zero attached hydrogens (tertiary/aromatic N) is 1. The molecule has 3 aromatic rings. The van der Waals surface area contributed by atoms with Crippen LogP contribution in [0.25, 0.3) is 10.9 Å². The second-order valence-corrected chi connectivity index (χ2v) is 8.36. The van der Waals surface area contributed by atoms with E-state index in [1.807, 2.05) is 30.3 Å². The van der Waals surface area contributed by atoms with Crippen LogP contribution in [-0.4, -0.2) is 17.3 Å². The van der Waals surface area contributed by atoms with Crippen LogP contribution in [0.4, 0.5) is 4.39 Å². The molecule has 158 valence electrons. The first kappa shape index (κ1) is 20.6. The molecule has 0 N–H and O–H groups in total. The van der Waals surface area contributed by atoms with Crippen LogP contribution >= 0.6 is 0 Å². The van der Waals surface area contributed by atoms with Crippen LogP contribution < -0.4 is 10.3 Å². The van der Waals surface area contributed by atoms with E-state index in [1.165, 1.54) is 6.07 Å². The number of hydrogen-bond donors (Lipinski definition) is 0. The normalized spacial score (nSPS) is 21.7. The number of ether oxygens (including phenoxy) is 2. The highest BCUT2D eigenvalue weighted by Gasteiger charge is 2.36. The maximum Gasteiger partial charge on any atom is 0.250 e. The highest BCUT2D eigenvalue weighted by atomic mass is 19.1. The number of aryl methyl sites for hydroxylation is 1. The molecule has 0 unspecified atom stereocenters. The van der Waals surface area contributed by atoms with Crippen molar-refractivity contribution in [3.05, 3.63) is 75.8 Å². The van der Waals surface area contributed by atoms with Crippen molar-refractivity contribution in [2.45, 2.75) is 51.2 Å². The summed E-state index contributed by atoms with van der Waals surface area (Å²) in [5, 5.41) is 0.972. The maximum atomic E-state index is 14.5. The third-order valence-electron chi connectivity index (χ3n) is 6.42. The number of benzene rings is 2. The maximum absolute atomic E-state index is 14.5. The lowest BCUT2D eigenvalue weighted by atomic mass is 9.70. The molecule has 5 heteroatoms. The topological polar surface area (TPSA) is 40.5 Å². The van der Waals surface area contributed by atoms with Crippen molar-refractivity contribution in [1.29, 1.82) is 0 Å². The Bertz CT molecular complexity index is 1120. The molecule has 2 atom stereocenters. The molecule has 0 spiro atoms. The van der Waals surface area contributed by atoms with Gasteiger partial charge in [-0.1, -0.05) is 13.0 Å². The molecule has 0 bridgehead atoms. The van der Waals surface area contributed by atoms with Crippen molar-refractivity contribution in [2.24, 2.45) is 7.05 Å². The third-order valence-corrected chi connectivity index (χ3v) is 6.42. The molecule has 1 fully saturated rings. The Morgan fingerprint density at radius 1 is 1.20 bits per heavy atom. The zero-order chi connectivity index (χ0) is 21.3. The summed E-state index contributed by atoms with van der Waals surface area (Å²) in [6.45, 7) is 5.27. The minimum absolute atomic E-state index is 0.0360. The SMILES string of the molecule is CC[C@@]1(c2cc(F)cc(OCc3ccc4c(ccc(=O)n4C)c3)c2)CCO[C@@H](C)C1. The number of pyridine rings is 1. The molecule has 1 aliphatic rings. The number of hydrogen-bond acceptors (Lipinski definition) is 3. The van der Waals surface area contributed by atoms with Crippen molar-refractivity contribution >= 4 is 10.9 Å². The molecule has 0 aliphatic carbocycles. The van der Waals surface area contributed by atoms with Gasteiger partial charge in [0.05, 0.1) is 11.6 Å². The number of rotatable bonds is 5. The van der Waals surface area contributed by atoms with Gasteiger partial charge in [0, 0.05) is 25.8 Å². The molecule has 1 saturated heterocycles. The second-order valence-electron chi connectivity index (χ2n) is 8.36. The Hall–Kier alpha value is -2.66. The molecular formula is C25H28FNO3. The van der Waals surface area contributed by atoms with Crippen molar-refractivity contribution < 1.29 is 13.9 Å². The van der Waals surface area contributed by atoms with E-state index in [0.717, 1.165) is 41.3 Å². The lowest BCUT2D eigenvalue weighted by Gasteiger charge is -2.40. The smallest absolute Gasteiger partial charge is 0.250 e. The number of aromatic nitrogens is 1. The minimum atomic E-state index is -0.275. The summed E-state index contributed by atoms with van der Waals surface area (Å²) >= 11 is 0. The van der Waals surface area contributed by atoms with Gasteiger partial charge in [-0.2, -0.15) is 0 Å². The Labute approximate surface area is 176 Å². The summed E-state index contributed by atoms with van der Waals surface area (Å²) in [4.78, 5) is 11.8. The molecule has 4 rings (SSSR count). The van der Waals surface area contributed by atoms with Gasteiger partial charge in [0.1, 0.15) is 18.2 Å². The van der Waals surface area contributed by atoms with E-state index in [9.17, 15) is 9.18 Å². The van der Waals surface area contributed by atoms with Crippen LogP contribution in [0.5, 0.6) is 5.75 Å². The molecule has 1 aliphatic heterocycles. The first-order chi connectivity index (χ1) is 14.4. The Morgan fingerprint density at radius 2 is 2.03 bits per heavy atom. The number of halogens is 1. The monoisotopic (exact) mass is 409 g/mol.